The van der Waals surface area contributed by atoms with E-state index in [1.165, 1.54) is 34.2 Å². The standard InChI is InChI=1S/C18H18N2S.ClH/c1-2-4-15-11-16(6-5-13(15)3-1)17-12-21-18(20-17)14-7-9-19-10-8-14;/h1-6,11-12,14,19H,7-10H2;1H. The topological polar surface area (TPSA) is 24.9 Å². The number of nitrogens with one attached hydrogen (secondary N) is 1. The van der Waals surface area contributed by atoms with E-state index in [2.05, 4.69) is 53.2 Å². The fourth-order valence-corrected chi connectivity index (χ4v) is 4.03. The summed E-state index contributed by atoms with van der Waals surface area (Å²) in [6, 6.07) is 15.1. The van der Waals surface area contributed by atoms with E-state index in [1.54, 1.807) is 0 Å². The van der Waals surface area contributed by atoms with E-state index in [1.807, 2.05) is 11.3 Å². The molecule has 0 amide bonds. The van der Waals surface area contributed by atoms with Crippen LogP contribution in [0, 0.1) is 0 Å². The van der Waals surface area contributed by atoms with Crippen molar-refractivity contribution in [1.82, 2.24) is 10.3 Å². The summed E-state index contributed by atoms with van der Waals surface area (Å²) in [5.74, 6) is 0.644. The lowest BCUT2D eigenvalue weighted by Crippen LogP contribution is -2.26. The molecule has 4 heteroatoms. The molecule has 1 aliphatic rings. The molecule has 114 valence electrons. The molecular weight excluding hydrogens is 312 g/mol. The first kappa shape index (κ1) is 15.5. The number of piperidine rings is 1. The number of hydrogen-bond donors (Lipinski definition) is 1. The summed E-state index contributed by atoms with van der Waals surface area (Å²) in [5, 5.41) is 9.51. The maximum atomic E-state index is 4.90. The molecule has 0 aliphatic carbocycles. The number of benzene rings is 2. The number of hydrogen-bond acceptors (Lipinski definition) is 3. The van der Waals surface area contributed by atoms with Crippen LogP contribution in [0.5, 0.6) is 0 Å². The highest BCUT2D eigenvalue weighted by molar-refractivity contribution is 7.10. The van der Waals surface area contributed by atoms with E-state index < -0.39 is 0 Å². The normalized spacial score (nSPS) is 15.6. The van der Waals surface area contributed by atoms with E-state index >= 15 is 0 Å². The van der Waals surface area contributed by atoms with Crippen molar-refractivity contribution < 1.29 is 0 Å². The minimum Gasteiger partial charge on any atom is -0.317 e. The lowest BCUT2D eigenvalue weighted by Gasteiger charge is -2.20. The summed E-state index contributed by atoms with van der Waals surface area (Å²) in [4.78, 5) is 4.90. The second-order valence-corrected chi connectivity index (χ2v) is 6.55. The Morgan fingerprint density at radius 1 is 1.00 bits per heavy atom. The molecule has 2 aromatic carbocycles. The van der Waals surface area contributed by atoms with Crippen LogP contribution in [0.2, 0.25) is 0 Å². The van der Waals surface area contributed by atoms with Crippen LogP contribution in [-0.4, -0.2) is 18.1 Å². The molecule has 0 spiro atoms. The van der Waals surface area contributed by atoms with Gasteiger partial charge in [-0.1, -0.05) is 36.4 Å². The number of aromatic nitrogens is 1. The molecule has 0 saturated carbocycles. The molecule has 0 atom stereocenters. The van der Waals surface area contributed by atoms with Crippen LogP contribution >= 0.6 is 23.7 Å². The highest BCUT2D eigenvalue weighted by atomic mass is 35.5. The van der Waals surface area contributed by atoms with Crippen molar-refractivity contribution in [3.05, 3.63) is 52.9 Å². The van der Waals surface area contributed by atoms with Crippen molar-refractivity contribution in [2.24, 2.45) is 0 Å². The van der Waals surface area contributed by atoms with Crippen LogP contribution in [-0.2, 0) is 0 Å². The second-order valence-electron chi connectivity index (χ2n) is 5.66. The Morgan fingerprint density at radius 3 is 2.59 bits per heavy atom. The van der Waals surface area contributed by atoms with Gasteiger partial charge in [-0.05, 0) is 42.8 Å². The first-order valence-electron chi connectivity index (χ1n) is 7.55. The molecule has 4 rings (SSSR count). The van der Waals surface area contributed by atoms with Gasteiger partial charge in [-0.2, -0.15) is 0 Å². The zero-order chi connectivity index (χ0) is 14.1. The van der Waals surface area contributed by atoms with Gasteiger partial charge >= 0.3 is 0 Å². The van der Waals surface area contributed by atoms with Crippen molar-refractivity contribution in [1.29, 1.82) is 0 Å². The smallest absolute Gasteiger partial charge is 0.0964 e. The summed E-state index contributed by atoms with van der Waals surface area (Å²) in [6.45, 7) is 2.24. The molecule has 1 fully saturated rings. The number of thiazole rings is 1. The van der Waals surface area contributed by atoms with Crippen LogP contribution in [0.1, 0.15) is 23.8 Å². The zero-order valence-electron chi connectivity index (χ0n) is 12.3. The molecule has 1 saturated heterocycles. The van der Waals surface area contributed by atoms with Gasteiger partial charge in [0.2, 0.25) is 0 Å². The van der Waals surface area contributed by atoms with Gasteiger partial charge in [0, 0.05) is 16.9 Å². The van der Waals surface area contributed by atoms with Gasteiger partial charge in [0.05, 0.1) is 10.7 Å². The highest BCUT2D eigenvalue weighted by Gasteiger charge is 2.18. The van der Waals surface area contributed by atoms with Gasteiger partial charge in [0.1, 0.15) is 0 Å². The first-order chi connectivity index (χ1) is 10.4. The van der Waals surface area contributed by atoms with E-state index in [-0.39, 0.29) is 12.4 Å². The third-order valence-corrected chi connectivity index (χ3v) is 5.26. The molecule has 1 aliphatic heterocycles. The summed E-state index contributed by atoms with van der Waals surface area (Å²) in [6.07, 6.45) is 2.43. The van der Waals surface area contributed by atoms with Gasteiger partial charge in [-0.3, -0.25) is 0 Å². The van der Waals surface area contributed by atoms with E-state index in [0.717, 1.165) is 18.8 Å². The van der Waals surface area contributed by atoms with Crippen LogP contribution in [0.4, 0.5) is 0 Å². The van der Waals surface area contributed by atoms with Gasteiger partial charge in [-0.15, -0.1) is 23.7 Å². The SMILES string of the molecule is Cl.c1ccc2cc(-c3csc(C4CCNCC4)n3)ccc2c1. The Balaban J connectivity index is 0.00000144. The molecule has 0 radical (unpaired) electrons. The van der Waals surface area contributed by atoms with Gasteiger partial charge in [0.25, 0.3) is 0 Å². The number of fused-ring (bicyclic) bond motifs is 1. The third kappa shape index (κ3) is 3.02. The molecule has 3 aromatic rings. The van der Waals surface area contributed by atoms with Crippen LogP contribution < -0.4 is 5.32 Å². The summed E-state index contributed by atoms with van der Waals surface area (Å²) < 4.78 is 0. The van der Waals surface area contributed by atoms with Crippen LogP contribution in [0.3, 0.4) is 0 Å². The van der Waals surface area contributed by atoms with Crippen LogP contribution in [0.25, 0.3) is 22.0 Å². The van der Waals surface area contributed by atoms with Gasteiger partial charge < -0.3 is 5.32 Å². The molecular formula is C18H19ClN2S. The van der Waals surface area contributed by atoms with Crippen molar-refractivity contribution in [2.45, 2.75) is 18.8 Å². The summed E-state index contributed by atoms with van der Waals surface area (Å²) in [7, 11) is 0. The molecule has 1 aromatic heterocycles. The number of rotatable bonds is 2. The summed E-state index contributed by atoms with van der Waals surface area (Å²) in [5.41, 5.74) is 2.35. The molecule has 2 heterocycles. The molecule has 2 nitrogen and oxygen atoms in total. The van der Waals surface area contributed by atoms with Gasteiger partial charge in [-0.25, -0.2) is 4.98 Å². The molecule has 22 heavy (non-hydrogen) atoms. The van der Waals surface area contributed by atoms with Gasteiger partial charge in [0.15, 0.2) is 0 Å². The minimum absolute atomic E-state index is 0. The number of nitrogens with zero attached hydrogens (tertiary/aromatic N) is 1. The highest BCUT2D eigenvalue weighted by Crippen LogP contribution is 2.32. The first-order valence-corrected chi connectivity index (χ1v) is 8.43. The Hall–Kier alpha value is -1.42. The summed E-state index contributed by atoms with van der Waals surface area (Å²) >= 11 is 1.82. The maximum Gasteiger partial charge on any atom is 0.0964 e. The largest absolute Gasteiger partial charge is 0.317 e. The Bertz CT molecular complexity index is 762. The predicted octanol–water partition coefficient (Wildman–Crippen LogP) is 4.85. The fourth-order valence-electron chi connectivity index (χ4n) is 3.03. The lowest BCUT2D eigenvalue weighted by molar-refractivity contribution is 0.459. The predicted molar refractivity (Wildman–Crippen MR) is 97.1 cm³/mol. The average molecular weight is 331 g/mol. The fraction of sp³-hybridized carbons (Fsp3) is 0.278. The minimum atomic E-state index is 0. The average Bonchev–Trinajstić information content (AvgIpc) is 3.05. The van der Waals surface area contributed by atoms with E-state index in [4.69, 9.17) is 4.98 Å². The van der Waals surface area contributed by atoms with E-state index in [9.17, 15) is 0 Å². The Kier molecular flexibility index (Phi) is 4.77. The lowest BCUT2D eigenvalue weighted by atomic mass is 9.99. The number of halogens is 1. The monoisotopic (exact) mass is 330 g/mol. The zero-order valence-corrected chi connectivity index (χ0v) is 13.9. The Morgan fingerprint density at radius 2 is 1.77 bits per heavy atom. The third-order valence-electron chi connectivity index (χ3n) is 4.26. The quantitative estimate of drug-likeness (QED) is 0.726. The maximum absolute atomic E-state index is 4.90. The molecule has 0 unspecified atom stereocenters. The Labute approximate surface area is 141 Å². The molecule has 0 bridgehead atoms. The van der Waals surface area contributed by atoms with Crippen molar-refractivity contribution in [2.75, 3.05) is 13.1 Å². The van der Waals surface area contributed by atoms with Crippen LogP contribution in [0.15, 0.2) is 47.8 Å². The molecule has 1 N–H and O–H groups in total. The van der Waals surface area contributed by atoms with Crippen molar-refractivity contribution in [3.63, 3.8) is 0 Å². The van der Waals surface area contributed by atoms with Crippen molar-refractivity contribution >= 4 is 34.5 Å². The second kappa shape index (κ2) is 6.78. The van der Waals surface area contributed by atoms with E-state index in [0.29, 0.717) is 5.92 Å². The van der Waals surface area contributed by atoms with Crippen molar-refractivity contribution in [3.8, 4) is 11.3 Å².